The Morgan fingerprint density at radius 1 is 1.55 bits per heavy atom. The Labute approximate surface area is 123 Å². The highest BCUT2D eigenvalue weighted by Crippen LogP contribution is 2.35. The zero-order valence-electron chi connectivity index (χ0n) is 11.9. The van der Waals surface area contributed by atoms with E-state index < -0.39 is 6.03 Å². The number of nitrogens with one attached hydrogen (secondary N) is 2. The summed E-state index contributed by atoms with van der Waals surface area (Å²) in [6.07, 6.45) is 2.15. The van der Waals surface area contributed by atoms with E-state index in [2.05, 4.69) is 27.0 Å². The molecule has 1 aromatic rings. The first-order valence-corrected chi connectivity index (χ1v) is 7.89. The number of likely N-dealkylation sites (tertiary alicyclic amines) is 1. The average Bonchev–Trinajstić information content (AvgIpc) is 3.08. The fourth-order valence-corrected chi connectivity index (χ4v) is 3.49. The molecule has 0 aromatic carbocycles. The molecule has 2 N–H and O–H groups in total. The summed E-state index contributed by atoms with van der Waals surface area (Å²) in [6, 6.07) is 3.73. The normalized spacial score (nSPS) is 20.6. The number of rotatable bonds is 4. The van der Waals surface area contributed by atoms with E-state index >= 15 is 0 Å². The molecule has 1 aliphatic heterocycles. The number of urea groups is 1. The Morgan fingerprint density at radius 2 is 2.35 bits per heavy atom. The first-order chi connectivity index (χ1) is 9.63. The minimum absolute atomic E-state index is 0.237. The van der Waals surface area contributed by atoms with Crippen molar-refractivity contribution in [3.63, 3.8) is 0 Å². The van der Waals surface area contributed by atoms with Crippen LogP contribution in [0.2, 0.25) is 0 Å². The molecule has 1 saturated heterocycles. The van der Waals surface area contributed by atoms with Crippen LogP contribution < -0.4 is 10.6 Å². The van der Waals surface area contributed by atoms with Gasteiger partial charge in [-0.1, -0.05) is 6.07 Å². The van der Waals surface area contributed by atoms with Gasteiger partial charge in [-0.15, -0.1) is 11.3 Å². The van der Waals surface area contributed by atoms with Crippen LogP contribution in [0.3, 0.4) is 0 Å². The maximum absolute atomic E-state index is 12.1. The van der Waals surface area contributed by atoms with Crippen LogP contribution >= 0.6 is 11.3 Å². The Kier molecular flexibility index (Phi) is 5.14. The number of nitrogens with zero attached hydrogens (tertiary/aromatic N) is 1. The van der Waals surface area contributed by atoms with E-state index in [-0.39, 0.29) is 11.9 Å². The Morgan fingerprint density at radius 3 is 3.00 bits per heavy atom. The lowest BCUT2D eigenvalue weighted by Crippen LogP contribution is -2.49. The number of carbonyl (C=O) groups is 2. The first kappa shape index (κ1) is 15.0. The van der Waals surface area contributed by atoms with Crippen LogP contribution in [-0.2, 0) is 4.79 Å². The van der Waals surface area contributed by atoms with Gasteiger partial charge in [0.1, 0.15) is 0 Å². The summed E-state index contributed by atoms with van der Waals surface area (Å²) in [5, 5.41) is 7.03. The third kappa shape index (κ3) is 3.37. The van der Waals surface area contributed by atoms with E-state index in [4.69, 9.17) is 0 Å². The molecule has 2 atom stereocenters. The van der Waals surface area contributed by atoms with Gasteiger partial charge in [0.15, 0.2) is 0 Å². The van der Waals surface area contributed by atoms with Gasteiger partial charge in [0.05, 0.1) is 6.04 Å². The SMILES string of the molecule is CCNC(=O)NC(=O)C(C)N1CCCC1c1cccs1. The molecule has 3 amide bonds. The lowest BCUT2D eigenvalue weighted by atomic mass is 10.1. The van der Waals surface area contributed by atoms with Crippen molar-refractivity contribution >= 4 is 23.3 Å². The smallest absolute Gasteiger partial charge is 0.321 e. The second kappa shape index (κ2) is 6.85. The van der Waals surface area contributed by atoms with Crippen molar-refractivity contribution < 1.29 is 9.59 Å². The van der Waals surface area contributed by atoms with E-state index in [0.29, 0.717) is 12.6 Å². The molecule has 0 radical (unpaired) electrons. The van der Waals surface area contributed by atoms with Gasteiger partial charge < -0.3 is 5.32 Å². The molecule has 0 aliphatic carbocycles. The van der Waals surface area contributed by atoms with Crippen molar-refractivity contribution in [1.82, 2.24) is 15.5 Å². The van der Waals surface area contributed by atoms with Gasteiger partial charge in [0.25, 0.3) is 0 Å². The number of hydrogen-bond donors (Lipinski definition) is 2. The molecule has 5 nitrogen and oxygen atoms in total. The van der Waals surface area contributed by atoms with Crippen LogP contribution in [-0.4, -0.2) is 36.0 Å². The van der Waals surface area contributed by atoms with Crippen molar-refractivity contribution in [3.8, 4) is 0 Å². The second-order valence-electron chi connectivity index (χ2n) is 4.94. The van der Waals surface area contributed by atoms with E-state index in [9.17, 15) is 9.59 Å². The minimum atomic E-state index is -0.420. The van der Waals surface area contributed by atoms with Gasteiger partial charge in [0.2, 0.25) is 5.91 Å². The van der Waals surface area contributed by atoms with Crippen molar-refractivity contribution in [1.29, 1.82) is 0 Å². The summed E-state index contributed by atoms with van der Waals surface area (Å²) in [5.74, 6) is -0.237. The topological polar surface area (TPSA) is 61.4 Å². The van der Waals surface area contributed by atoms with Gasteiger partial charge in [-0.2, -0.15) is 0 Å². The van der Waals surface area contributed by atoms with Gasteiger partial charge in [-0.3, -0.25) is 15.0 Å². The van der Waals surface area contributed by atoms with Gasteiger partial charge in [-0.05, 0) is 44.7 Å². The van der Waals surface area contributed by atoms with Gasteiger partial charge in [0, 0.05) is 17.5 Å². The van der Waals surface area contributed by atoms with Crippen LogP contribution in [0.25, 0.3) is 0 Å². The van der Waals surface area contributed by atoms with Gasteiger partial charge >= 0.3 is 6.03 Å². The zero-order valence-corrected chi connectivity index (χ0v) is 12.7. The molecule has 20 heavy (non-hydrogen) atoms. The molecule has 0 saturated carbocycles. The largest absolute Gasteiger partial charge is 0.338 e. The predicted octanol–water partition coefficient (Wildman–Crippen LogP) is 2.12. The standard InChI is InChI=1S/C14H21N3O2S/c1-3-15-14(19)16-13(18)10(2)17-8-4-6-11(17)12-7-5-9-20-12/h5,7,9-11H,3-4,6,8H2,1-2H3,(H2,15,16,18,19). The highest BCUT2D eigenvalue weighted by Gasteiger charge is 2.33. The number of amides is 3. The Bertz CT molecular complexity index is 461. The summed E-state index contributed by atoms with van der Waals surface area (Å²) >= 11 is 1.72. The van der Waals surface area contributed by atoms with Crippen molar-refractivity contribution in [2.24, 2.45) is 0 Å². The predicted molar refractivity (Wildman–Crippen MR) is 79.7 cm³/mol. The minimum Gasteiger partial charge on any atom is -0.338 e. The first-order valence-electron chi connectivity index (χ1n) is 7.01. The molecule has 1 fully saturated rings. The highest BCUT2D eigenvalue weighted by atomic mass is 32.1. The fraction of sp³-hybridized carbons (Fsp3) is 0.571. The van der Waals surface area contributed by atoms with E-state index in [1.807, 2.05) is 19.9 Å². The molecular formula is C14H21N3O2S. The summed E-state index contributed by atoms with van der Waals surface area (Å²) < 4.78 is 0. The molecule has 1 aromatic heterocycles. The summed E-state index contributed by atoms with van der Waals surface area (Å²) in [4.78, 5) is 27.0. The maximum Gasteiger partial charge on any atom is 0.321 e. The number of thiophene rings is 1. The molecule has 110 valence electrons. The summed E-state index contributed by atoms with van der Waals surface area (Å²) in [5.41, 5.74) is 0. The van der Waals surface area contributed by atoms with Crippen LogP contribution in [0, 0.1) is 0 Å². The summed E-state index contributed by atoms with van der Waals surface area (Å²) in [6.45, 7) is 5.09. The third-order valence-electron chi connectivity index (χ3n) is 3.62. The number of imide groups is 1. The Balaban J connectivity index is 1.98. The highest BCUT2D eigenvalue weighted by molar-refractivity contribution is 7.10. The Hall–Kier alpha value is -1.40. The molecule has 2 rings (SSSR count). The molecule has 0 bridgehead atoms. The quantitative estimate of drug-likeness (QED) is 0.894. The van der Waals surface area contributed by atoms with E-state index in [1.165, 1.54) is 4.88 Å². The second-order valence-corrected chi connectivity index (χ2v) is 5.92. The van der Waals surface area contributed by atoms with E-state index in [0.717, 1.165) is 19.4 Å². The van der Waals surface area contributed by atoms with Crippen molar-refractivity contribution in [2.75, 3.05) is 13.1 Å². The number of carbonyl (C=O) groups excluding carboxylic acids is 2. The van der Waals surface area contributed by atoms with Crippen LogP contribution in [0.1, 0.15) is 37.6 Å². The van der Waals surface area contributed by atoms with Crippen molar-refractivity contribution in [3.05, 3.63) is 22.4 Å². The average molecular weight is 295 g/mol. The fourth-order valence-electron chi connectivity index (χ4n) is 2.61. The van der Waals surface area contributed by atoms with E-state index in [1.54, 1.807) is 11.3 Å². The lowest BCUT2D eigenvalue weighted by molar-refractivity contribution is -0.125. The molecule has 2 heterocycles. The van der Waals surface area contributed by atoms with Crippen molar-refractivity contribution in [2.45, 2.75) is 38.8 Å². The maximum atomic E-state index is 12.1. The lowest BCUT2D eigenvalue weighted by Gasteiger charge is -2.29. The van der Waals surface area contributed by atoms with Crippen LogP contribution in [0.4, 0.5) is 4.79 Å². The van der Waals surface area contributed by atoms with Gasteiger partial charge in [-0.25, -0.2) is 4.79 Å². The molecule has 0 spiro atoms. The molecule has 6 heteroatoms. The summed E-state index contributed by atoms with van der Waals surface area (Å²) in [7, 11) is 0. The van der Waals surface area contributed by atoms with Crippen LogP contribution in [0.15, 0.2) is 17.5 Å². The monoisotopic (exact) mass is 295 g/mol. The molecule has 2 unspecified atom stereocenters. The molecular weight excluding hydrogens is 274 g/mol. The number of hydrogen-bond acceptors (Lipinski definition) is 4. The molecule has 1 aliphatic rings. The zero-order chi connectivity index (χ0) is 14.5. The third-order valence-corrected chi connectivity index (χ3v) is 4.59. The van der Waals surface area contributed by atoms with Crippen LogP contribution in [0.5, 0.6) is 0 Å².